The zero-order chi connectivity index (χ0) is 12.9. The number of aromatic nitrogens is 1. The Hall–Kier alpha value is -1.28. The summed E-state index contributed by atoms with van der Waals surface area (Å²) < 4.78 is 1.98. The van der Waals surface area contributed by atoms with Crippen molar-refractivity contribution in [2.75, 3.05) is 0 Å². The standard InChI is InChI=1S/C15H16ClNO/c1-9(10-3-4-10)15(18)13-8-17(2)14-7-11(16)5-6-12(13)14/h5-10H,3-4H2,1-2H3. The molecule has 1 atom stereocenters. The minimum Gasteiger partial charge on any atom is -0.350 e. The van der Waals surface area contributed by atoms with Crippen LogP contribution in [0.5, 0.6) is 0 Å². The molecule has 0 saturated heterocycles. The molecule has 18 heavy (non-hydrogen) atoms. The minimum absolute atomic E-state index is 0.145. The number of carbonyl (C=O) groups is 1. The molecule has 0 bridgehead atoms. The normalized spacial score (nSPS) is 17.1. The van der Waals surface area contributed by atoms with Crippen molar-refractivity contribution in [3.8, 4) is 0 Å². The molecule has 0 N–H and O–H groups in total. The lowest BCUT2D eigenvalue weighted by Gasteiger charge is -2.07. The van der Waals surface area contributed by atoms with Crippen LogP contribution in [0.25, 0.3) is 10.9 Å². The van der Waals surface area contributed by atoms with Crippen LogP contribution in [-0.4, -0.2) is 10.4 Å². The third-order valence-corrected chi connectivity index (χ3v) is 4.20. The summed E-state index contributed by atoms with van der Waals surface area (Å²) in [4.78, 5) is 12.5. The van der Waals surface area contributed by atoms with E-state index in [-0.39, 0.29) is 11.7 Å². The van der Waals surface area contributed by atoms with E-state index in [0.29, 0.717) is 10.9 Å². The molecular formula is C15H16ClNO. The number of halogens is 1. The molecular weight excluding hydrogens is 246 g/mol. The Morgan fingerprint density at radius 1 is 1.44 bits per heavy atom. The fraction of sp³-hybridized carbons (Fsp3) is 0.400. The number of hydrogen-bond donors (Lipinski definition) is 0. The zero-order valence-electron chi connectivity index (χ0n) is 10.6. The van der Waals surface area contributed by atoms with E-state index in [1.807, 2.05) is 36.0 Å². The van der Waals surface area contributed by atoms with Crippen LogP contribution in [0.1, 0.15) is 30.1 Å². The number of rotatable bonds is 3. The monoisotopic (exact) mass is 261 g/mol. The summed E-state index contributed by atoms with van der Waals surface area (Å²) in [5.74, 6) is 1.01. The van der Waals surface area contributed by atoms with Crippen molar-refractivity contribution in [3.05, 3.63) is 35.0 Å². The SMILES string of the molecule is CC(C(=O)c1cn(C)c2cc(Cl)ccc12)C1CC1. The molecule has 1 unspecified atom stereocenters. The van der Waals surface area contributed by atoms with E-state index in [1.54, 1.807) is 0 Å². The van der Waals surface area contributed by atoms with Gasteiger partial charge in [0.15, 0.2) is 5.78 Å². The number of aryl methyl sites for hydroxylation is 1. The lowest BCUT2D eigenvalue weighted by molar-refractivity contribution is 0.0918. The molecule has 1 aliphatic carbocycles. The van der Waals surface area contributed by atoms with Gasteiger partial charge in [-0.15, -0.1) is 0 Å². The van der Waals surface area contributed by atoms with Crippen LogP contribution in [-0.2, 0) is 7.05 Å². The number of benzene rings is 1. The predicted molar refractivity (Wildman–Crippen MR) is 74.1 cm³/mol. The molecule has 3 heteroatoms. The number of carbonyl (C=O) groups excluding carboxylic acids is 1. The second-order valence-electron chi connectivity index (χ2n) is 5.31. The first-order chi connectivity index (χ1) is 8.58. The van der Waals surface area contributed by atoms with Gasteiger partial charge in [-0.3, -0.25) is 4.79 Å². The summed E-state index contributed by atoms with van der Waals surface area (Å²) in [7, 11) is 1.96. The van der Waals surface area contributed by atoms with E-state index in [9.17, 15) is 4.79 Å². The van der Waals surface area contributed by atoms with Crippen molar-refractivity contribution in [1.29, 1.82) is 0 Å². The van der Waals surface area contributed by atoms with Crippen molar-refractivity contribution < 1.29 is 4.79 Å². The van der Waals surface area contributed by atoms with E-state index < -0.39 is 0 Å². The molecule has 1 aromatic carbocycles. The molecule has 1 saturated carbocycles. The molecule has 1 aromatic heterocycles. The van der Waals surface area contributed by atoms with Crippen LogP contribution < -0.4 is 0 Å². The number of Topliss-reactive ketones (excluding diaryl/α,β-unsaturated/α-hetero) is 1. The predicted octanol–water partition coefficient (Wildman–Crippen LogP) is 4.06. The summed E-state index contributed by atoms with van der Waals surface area (Å²) >= 11 is 6.00. The fourth-order valence-corrected chi connectivity index (χ4v) is 2.78. The van der Waals surface area contributed by atoms with Gasteiger partial charge in [0.25, 0.3) is 0 Å². The van der Waals surface area contributed by atoms with Crippen molar-refractivity contribution in [2.45, 2.75) is 19.8 Å². The van der Waals surface area contributed by atoms with Gasteiger partial charge in [0, 0.05) is 40.7 Å². The van der Waals surface area contributed by atoms with Gasteiger partial charge in [0.05, 0.1) is 0 Å². The van der Waals surface area contributed by atoms with Gasteiger partial charge in [-0.1, -0.05) is 24.6 Å². The lowest BCUT2D eigenvalue weighted by atomic mass is 9.95. The van der Waals surface area contributed by atoms with Crippen molar-refractivity contribution in [3.63, 3.8) is 0 Å². The van der Waals surface area contributed by atoms with Crippen molar-refractivity contribution >= 4 is 28.3 Å². The van der Waals surface area contributed by atoms with Crippen LogP contribution >= 0.6 is 11.6 Å². The van der Waals surface area contributed by atoms with Gasteiger partial charge in [-0.25, -0.2) is 0 Å². The van der Waals surface area contributed by atoms with E-state index in [0.717, 1.165) is 16.5 Å². The summed E-state index contributed by atoms with van der Waals surface area (Å²) in [6, 6.07) is 5.71. The molecule has 0 amide bonds. The second kappa shape index (κ2) is 4.13. The molecule has 1 aliphatic rings. The highest BCUT2D eigenvalue weighted by molar-refractivity contribution is 6.31. The van der Waals surface area contributed by atoms with Crippen LogP contribution in [0.15, 0.2) is 24.4 Å². The van der Waals surface area contributed by atoms with Gasteiger partial charge in [0.2, 0.25) is 0 Å². The van der Waals surface area contributed by atoms with Crippen molar-refractivity contribution in [2.24, 2.45) is 18.9 Å². The molecule has 94 valence electrons. The molecule has 1 heterocycles. The Bertz CT molecular complexity index is 625. The largest absolute Gasteiger partial charge is 0.350 e. The summed E-state index contributed by atoms with van der Waals surface area (Å²) in [5, 5.41) is 1.72. The van der Waals surface area contributed by atoms with Gasteiger partial charge in [-0.2, -0.15) is 0 Å². The molecule has 3 rings (SSSR count). The van der Waals surface area contributed by atoms with Crippen molar-refractivity contribution in [1.82, 2.24) is 4.57 Å². The number of nitrogens with zero attached hydrogens (tertiary/aromatic N) is 1. The van der Waals surface area contributed by atoms with Gasteiger partial charge >= 0.3 is 0 Å². The summed E-state index contributed by atoms with van der Waals surface area (Å²) in [6.07, 6.45) is 4.33. The fourth-order valence-electron chi connectivity index (χ4n) is 2.61. The molecule has 0 radical (unpaired) electrons. The number of fused-ring (bicyclic) bond motifs is 1. The topological polar surface area (TPSA) is 22.0 Å². The third-order valence-electron chi connectivity index (χ3n) is 3.96. The maximum Gasteiger partial charge on any atom is 0.168 e. The summed E-state index contributed by atoms with van der Waals surface area (Å²) in [6.45, 7) is 2.05. The third kappa shape index (κ3) is 1.85. The maximum absolute atomic E-state index is 12.5. The van der Waals surface area contributed by atoms with Crippen LogP contribution in [0.2, 0.25) is 5.02 Å². The molecule has 2 aromatic rings. The Morgan fingerprint density at radius 3 is 2.83 bits per heavy atom. The highest BCUT2D eigenvalue weighted by Crippen LogP contribution is 2.39. The minimum atomic E-state index is 0.145. The molecule has 1 fully saturated rings. The van der Waals surface area contributed by atoms with E-state index in [2.05, 4.69) is 6.92 Å². The first-order valence-electron chi connectivity index (χ1n) is 6.36. The van der Waals surface area contributed by atoms with E-state index in [1.165, 1.54) is 12.8 Å². The molecule has 2 nitrogen and oxygen atoms in total. The Kier molecular flexibility index (Phi) is 2.70. The van der Waals surface area contributed by atoms with Gasteiger partial charge < -0.3 is 4.57 Å². The average molecular weight is 262 g/mol. The average Bonchev–Trinajstić information content (AvgIpc) is 3.14. The van der Waals surface area contributed by atoms with Crippen LogP contribution in [0.4, 0.5) is 0 Å². The number of hydrogen-bond acceptors (Lipinski definition) is 1. The first kappa shape index (κ1) is 11.8. The highest BCUT2D eigenvalue weighted by Gasteiger charge is 2.33. The Morgan fingerprint density at radius 2 is 2.17 bits per heavy atom. The van der Waals surface area contributed by atoms with Gasteiger partial charge in [-0.05, 0) is 30.9 Å². The highest BCUT2D eigenvalue weighted by atomic mass is 35.5. The molecule has 0 aliphatic heterocycles. The van der Waals surface area contributed by atoms with Gasteiger partial charge in [0.1, 0.15) is 0 Å². The first-order valence-corrected chi connectivity index (χ1v) is 6.74. The van der Waals surface area contributed by atoms with E-state index >= 15 is 0 Å². The smallest absolute Gasteiger partial charge is 0.168 e. The van der Waals surface area contributed by atoms with Crippen LogP contribution in [0.3, 0.4) is 0 Å². The zero-order valence-corrected chi connectivity index (χ0v) is 11.4. The molecule has 0 spiro atoms. The summed E-state index contributed by atoms with van der Waals surface area (Å²) in [5.41, 5.74) is 1.86. The Labute approximate surface area is 112 Å². The van der Waals surface area contributed by atoms with Crippen LogP contribution in [0, 0.1) is 11.8 Å². The lowest BCUT2D eigenvalue weighted by Crippen LogP contribution is -2.12. The second-order valence-corrected chi connectivity index (χ2v) is 5.74. The Balaban J connectivity index is 2.09. The maximum atomic E-state index is 12.5. The number of ketones is 1. The quantitative estimate of drug-likeness (QED) is 0.764. The van der Waals surface area contributed by atoms with E-state index in [4.69, 9.17) is 11.6 Å².